The monoisotopic (exact) mass is 278 g/mol. The van der Waals surface area contributed by atoms with Gasteiger partial charge in [-0.05, 0) is 31.6 Å². The van der Waals surface area contributed by atoms with Gasteiger partial charge in [-0.2, -0.15) is 15.0 Å². The van der Waals surface area contributed by atoms with Crippen LogP contribution in [0.2, 0.25) is 0 Å². The summed E-state index contributed by atoms with van der Waals surface area (Å²) in [5.41, 5.74) is 2.96. The minimum atomic E-state index is 0.331. The molecule has 2 aliphatic rings. The van der Waals surface area contributed by atoms with E-state index in [-0.39, 0.29) is 0 Å². The molecule has 110 valence electrons. The summed E-state index contributed by atoms with van der Waals surface area (Å²) in [6, 6.07) is 0.331. The van der Waals surface area contributed by atoms with Gasteiger partial charge in [0.2, 0.25) is 11.9 Å². The predicted octanol–water partition coefficient (Wildman–Crippen LogP) is 1.33. The molecule has 1 aromatic rings. The van der Waals surface area contributed by atoms with Crippen LogP contribution in [-0.4, -0.2) is 34.6 Å². The Balaban J connectivity index is 1.81. The molecule has 0 amide bonds. The molecule has 1 spiro atoms. The predicted molar refractivity (Wildman–Crippen MR) is 76.5 cm³/mol. The fourth-order valence-electron chi connectivity index (χ4n) is 3.38. The summed E-state index contributed by atoms with van der Waals surface area (Å²) in [6.45, 7) is 4.46. The minimum Gasteiger partial charge on any atom is -0.464 e. The van der Waals surface area contributed by atoms with Crippen molar-refractivity contribution in [2.75, 3.05) is 30.0 Å². The zero-order valence-corrected chi connectivity index (χ0v) is 11.9. The van der Waals surface area contributed by atoms with Crippen molar-refractivity contribution in [2.45, 2.75) is 39.0 Å². The lowest BCUT2D eigenvalue weighted by molar-refractivity contribution is 0.311. The van der Waals surface area contributed by atoms with E-state index >= 15 is 0 Å². The van der Waals surface area contributed by atoms with Gasteiger partial charge in [-0.3, -0.25) is 5.43 Å². The molecular weight excluding hydrogens is 256 g/mol. The minimum absolute atomic E-state index is 0.331. The van der Waals surface area contributed by atoms with E-state index in [0.717, 1.165) is 13.1 Å². The van der Waals surface area contributed by atoms with E-state index < -0.39 is 0 Å². The van der Waals surface area contributed by atoms with Gasteiger partial charge in [-0.15, -0.1) is 0 Å². The molecule has 0 radical (unpaired) electrons. The molecule has 0 aromatic carbocycles. The Labute approximate surface area is 118 Å². The second-order valence-electron chi connectivity index (χ2n) is 5.70. The van der Waals surface area contributed by atoms with Gasteiger partial charge >= 0.3 is 6.01 Å². The summed E-state index contributed by atoms with van der Waals surface area (Å²) in [7, 11) is 0. The van der Waals surface area contributed by atoms with Crippen molar-refractivity contribution in [3.63, 3.8) is 0 Å². The second kappa shape index (κ2) is 5.40. The number of nitrogens with two attached hydrogens (primary N) is 1. The maximum atomic E-state index is 5.42. The fourth-order valence-corrected chi connectivity index (χ4v) is 3.38. The van der Waals surface area contributed by atoms with Crippen molar-refractivity contribution < 1.29 is 4.74 Å². The Morgan fingerprint density at radius 1 is 1.25 bits per heavy atom. The van der Waals surface area contributed by atoms with Gasteiger partial charge in [0.15, 0.2) is 0 Å². The summed E-state index contributed by atoms with van der Waals surface area (Å²) >= 11 is 0. The maximum Gasteiger partial charge on any atom is 0.323 e. The largest absolute Gasteiger partial charge is 0.464 e. The summed E-state index contributed by atoms with van der Waals surface area (Å²) in [4.78, 5) is 15.1. The lowest BCUT2D eigenvalue weighted by Gasteiger charge is -2.23. The Hall–Kier alpha value is -1.63. The Kier molecular flexibility index (Phi) is 3.60. The first-order valence-electron chi connectivity index (χ1n) is 7.35. The van der Waals surface area contributed by atoms with Gasteiger partial charge in [-0.1, -0.05) is 12.8 Å². The molecule has 2 heterocycles. The van der Waals surface area contributed by atoms with Gasteiger partial charge in [0.05, 0.1) is 6.61 Å². The summed E-state index contributed by atoms with van der Waals surface area (Å²) in [5.74, 6) is 6.44. The number of anilines is 2. The van der Waals surface area contributed by atoms with E-state index in [0.29, 0.717) is 29.9 Å². The molecule has 1 aromatic heterocycles. The molecule has 1 saturated carbocycles. The van der Waals surface area contributed by atoms with Crippen molar-refractivity contribution in [2.24, 2.45) is 11.3 Å². The number of hydrogen-bond acceptors (Lipinski definition) is 7. The number of nitrogens with one attached hydrogen (secondary N) is 1. The number of hydrogen-bond donors (Lipinski definition) is 2. The molecule has 3 rings (SSSR count). The quantitative estimate of drug-likeness (QED) is 0.634. The van der Waals surface area contributed by atoms with Crippen LogP contribution in [-0.2, 0) is 0 Å². The van der Waals surface area contributed by atoms with Crippen LogP contribution in [0.4, 0.5) is 11.9 Å². The summed E-state index contributed by atoms with van der Waals surface area (Å²) < 4.78 is 5.38. The van der Waals surface area contributed by atoms with Crippen LogP contribution in [0, 0.1) is 5.41 Å². The first kappa shape index (κ1) is 13.4. The zero-order valence-electron chi connectivity index (χ0n) is 11.9. The number of hydrazine groups is 1. The summed E-state index contributed by atoms with van der Waals surface area (Å²) in [5, 5.41) is 0. The third-order valence-electron chi connectivity index (χ3n) is 4.39. The standard InChI is InChI=1S/C13H22N6O/c1-2-20-12-16-10(18-14)15-11(17-12)19-8-7-13(9-19)5-3-4-6-13/h2-9,14H2,1H3,(H,15,16,17,18). The first-order valence-corrected chi connectivity index (χ1v) is 7.35. The Morgan fingerprint density at radius 2 is 2.05 bits per heavy atom. The maximum absolute atomic E-state index is 5.42. The highest BCUT2D eigenvalue weighted by Gasteiger charge is 2.41. The molecule has 0 unspecified atom stereocenters. The van der Waals surface area contributed by atoms with Gasteiger partial charge in [0.1, 0.15) is 0 Å². The van der Waals surface area contributed by atoms with Crippen molar-refractivity contribution in [1.82, 2.24) is 15.0 Å². The third-order valence-corrected chi connectivity index (χ3v) is 4.39. The molecular formula is C13H22N6O. The summed E-state index contributed by atoms with van der Waals surface area (Å²) in [6.07, 6.45) is 6.59. The molecule has 20 heavy (non-hydrogen) atoms. The van der Waals surface area contributed by atoms with Crippen LogP contribution < -0.4 is 20.9 Å². The topological polar surface area (TPSA) is 89.2 Å². The van der Waals surface area contributed by atoms with Crippen LogP contribution in [0.1, 0.15) is 39.0 Å². The highest BCUT2D eigenvalue weighted by molar-refractivity contribution is 5.39. The lowest BCUT2D eigenvalue weighted by Crippen LogP contribution is -2.27. The Bertz CT molecular complexity index is 474. The van der Waals surface area contributed by atoms with E-state index in [2.05, 4.69) is 25.3 Å². The highest BCUT2D eigenvalue weighted by Crippen LogP contribution is 2.45. The highest BCUT2D eigenvalue weighted by atomic mass is 16.5. The smallest absolute Gasteiger partial charge is 0.323 e. The number of rotatable bonds is 4. The zero-order chi connectivity index (χ0) is 14.0. The molecule has 1 aliphatic heterocycles. The number of aromatic nitrogens is 3. The van der Waals surface area contributed by atoms with Crippen LogP contribution in [0.5, 0.6) is 6.01 Å². The van der Waals surface area contributed by atoms with Gasteiger partial charge in [-0.25, -0.2) is 5.84 Å². The van der Waals surface area contributed by atoms with Crippen LogP contribution in [0.15, 0.2) is 0 Å². The molecule has 7 nitrogen and oxygen atoms in total. The van der Waals surface area contributed by atoms with Crippen molar-refractivity contribution in [1.29, 1.82) is 0 Å². The molecule has 3 N–H and O–H groups in total. The van der Waals surface area contributed by atoms with E-state index in [1.165, 1.54) is 32.1 Å². The van der Waals surface area contributed by atoms with E-state index in [4.69, 9.17) is 10.6 Å². The SMILES string of the molecule is CCOc1nc(NN)nc(N2CCC3(CCCC3)C2)n1. The first-order chi connectivity index (χ1) is 9.74. The Morgan fingerprint density at radius 3 is 2.75 bits per heavy atom. The molecule has 2 fully saturated rings. The molecule has 0 bridgehead atoms. The molecule has 7 heteroatoms. The number of nitrogens with zero attached hydrogens (tertiary/aromatic N) is 4. The van der Waals surface area contributed by atoms with Crippen molar-refractivity contribution in [3.05, 3.63) is 0 Å². The van der Waals surface area contributed by atoms with Crippen molar-refractivity contribution >= 4 is 11.9 Å². The molecule has 0 atom stereocenters. The fraction of sp³-hybridized carbons (Fsp3) is 0.769. The second-order valence-corrected chi connectivity index (χ2v) is 5.70. The number of ether oxygens (including phenoxy) is 1. The van der Waals surface area contributed by atoms with Gasteiger partial charge in [0.25, 0.3) is 0 Å². The van der Waals surface area contributed by atoms with Gasteiger partial charge < -0.3 is 9.64 Å². The lowest BCUT2D eigenvalue weighted by atomic mass is 9.86. The van der Waals surface area contributed by atoms with Crippen molar-refractivity contribution in [3.8, 4) is 6.01 Å². The van der Waals surface area contributed by atoms with E-state index in [1.807, 2.05) is 6.92 Å². The van der Waals surface area contributed by atoms with Gasteiger partial charge in [0, 0.05) is 13.1 Å². The van der Waals surface area contributed by atoms with E-state index in [1.54, 1.807) is 0 Å². The molecule has 1 aliphatic carbocycles. The number of nitrogen functional groups attached to an aromatic ring is 1. The van der Waals surface area contributed by atoms with Crippen LogP contribution in [0.25, 0.3) is 0 Å². The van der Waals surface area contributed by atoms with Crippen LogP contribution in [0.3, 0.4) is 0 Å². The average molecular weight is 278 g/mol. The average Bonchev–Trinajstić information content (AvgIpc) is 3.10. The van der Waals surface area contributed by atoms with E-state index in [9.17, 15) is 0 Å². The third kappa shape index (κ3) is 2.49. The normalized spacial score (nSPS) is 20.6. The molecule has 1 saturated heterocycles. The van der Waals surface area contributed by atoms with Crippen LogP contribution >= 0.6 is 0 Å².